The third kappa shape index (κ3) is 5.43. The highest BCUT2D eigenvalue weighted by Gasteiger charge is 2.26. The maximum Gasteiger partial charge on any atom is 0.0426 e. The Hall–Kier alpha value is -0.300. The molecule has 0 spiro atoms. The van der Waals surface area contributed by atoms with Crippen molar-refractivity contribution in [3.05, 3.63) is 35.4 Å². The monoisotopic (exact) mass is 350 g/mol. The molecule has 0 N–H and O–H groups in total. The molecule has 0 amide bonds. The molecule has 2 unspecified atom stereocenters. The van der Waals surface area contributed by atoms with Gasteiger partial charge in [-0.2, -0.15) is 0 Å². The van der Waals surface area contributed by atoms with Gasteiger partial charge in [0.1, 0.15) is 0 Å². The molecule has 0 saturated carbocycles. The van der Waals surface area contributed by atoms with Gasteiger partial charge in [-0.15, -0.1) is 0 Å². The highest BCUT2D eigenvalue weighted by Crippen LogP contribution is 2.42. The fourth-order valence-electron chi connectivity index (χ4n) is 3.60. The molecule has 0 fully saturated rings. The third-order valence-electron chi connectivity index (χ3n) is 4.98. The molecule has 0 heterocycles. The minimum Gasteiger partial charge on any atom is -0.0836 e. The largest absolute Gasteiger partial charge is 0.0836 e. The number of fused-ring (bicyclic) bond motifs is 1. The Morgan fingerprint density at radius 3 is 2.38 bits per heavy atom. The van der Waals surface area contributed by atoms with Crippen LogP contribution in [0, 0.1) is 5.92 Å². The van der Waals surface area contributed by atoms with Crippen LogP contribution in [0.5, 0.6) is 0 Å². The molecule has 1 aliphatic rings. The number of alkyl halides is 1. The molecule has 0 bridgehead atoms. The van der Waals surface area contributed by atoms with E-state index in [-0.39, 0.29) is 0 Å². The second kappa shape index (κ2) is 9.66. The second-order valence-corrected chi connectivity index (χ2v) is 7.65. The van der Waals surface area contributed by atoms with Gasteiger partial charge in [-0.25, -0.2) is 0 Å². The molecule has 2 atom stereocenters. The van der Waals surface area contributed by atoms with E-state index in [1.165, 1.54) is 70.6 Å². The minimum absolute atomic E-state index is 0.590. The first-order valence-corrected chi connectivity index (χ1v) is 9.96. The first-order chi connectivity index (χ1) is 10.3. The molecular weight excluding hydrogens is 320 g/mol. The quantitative estimate of drug-likeness (QED) is 0.325. The van der Waals surface area contributed by atoms with Crippen LogP contribution in [0.15, 0.2) is 24.3 Å². The van der Waals surface area contributed by atoms with Crippen molar-refractivity contribution >= 4 is 15.9 Å². The lowest BCUT2D eigenvalue weighted by Crippen LogP contribution is -2.16. The van der Waals surface area contributed by atoms with E-state index >= 15 is 0 Å². The van der Waals surface area contributed by atoms with E-state index < -0.39 is 0 Å². The van der Waals surface area contributed by atoms with Crippen molar-refractivity contribution < 1.29 is 0 Å². The van der Waals surface area contributed by atoms with Gasteiger partial charge in [-0.3, -0.25) is 0 Å². The highest BCUT2D eigenvalue weighted by atomic mass is 79.9. The smallest absolute Gasteiger partial charge is 0.0426 e. The number of halogens is 1. The summed E-state index contributed by atoms with van der Waals surface area (Å²) < 4.78 is 0. The Bertz CT molecular complexity index is 399. The molecule has 118 valence electrons. The van der Waals surface area contributed by atoms with Crippen LogP contribution in [0.25, 0.3) is 0 Å². The number of aryl methyl sites for hydroxylation is 1. The number of benzene rings is 1. The van der Waals surface area contributed by atoms with Crippen molar-refractivity contribution in [2.45, 2.75) is 82.4 Å². The molecule has 0 aliphatic heterocycles. The number of unbranched alkanes of at least 4 members (excludes halogenated alkanes) is 7. The van der Waals surface area contributed by atoms with Crippen molar-refractivity contribution in [3.8, 4) is 0 Å². The number of hydrogen-bond acceptors (Lipinski definition) is 0. The van der Waals surface area contributed by atoms with Crippen LogP contribution in [-0.4, -0.2) is 0 Å². The molecular formula is C20H31Br. The molecule has 2 rings (SSSR count). The van der Waals surface area contributed by atoms with E-state index in [0.29, 0.717) is 4.83 Å². The van der Waals surface area contributed by atoms with Crippen molar-refractivity contribution in [1.82, 2.24) is 0 Å². The van der Waals surface area contributed by atoms with Gasteiger partial charge in [0.15, 0.2) is 0 Å². The van der Waals surface area contributed by atoms with E-state index in [9.17, 15) is 0 Å². The fourth-order valence-corrected chi connectivity index (χ4v) is 4.58. The summed E-state index contributed by atoms with van der Waals surface area (Å²) in [5.74, 6) is 0.847. The van der Waals surface area contributed by atoms with Crippen molar-refractivity contribution in [2.75, 3.05) is 0 Å². The first kappa shape index (κ1) is 17.1. The summed E-state index contributed by atoms with van der Waals surface area (Å²) in [4.78, 5) is 0.590. The van der Waals surface area contributed by atoms with Crippen LogP contribution in [0.2, 0.25) is 0 Å². The minimum atomic E-state index is 0.590. The van der Waals surface area contributed by atoms with Crippen LogP contribution in [-0.2, 0) is 6.42 Å². The zero-order chi connectivity index (χ0) is 14.9. The first-order valence-electron chi connectivity index (χ1n) is 9.04. The van der Waals surface area contributed by atoms with Gasteiger partial charge in [-0.05, 0) is 36.3 Å². The van der Waals surface area contributed by atoms with Gasteiger partial charge in [0, 0.05) is 4.83 Å². The Labute approximate surface area is 139 Å². The van der Waals surface area contributed by atoms with Crippen LogP contribution >= 0.6 is 15.9 Å². The van der Waals surface area contributed by atoms with Crippen molar-refractivity contribution in [3.63, 3.8) is 0 Å². The van der Waals surface area contributed by atoms with E-state index in [4.69, 9.17) is 0 Å². The molecule has 21 heavy (non-hydrogen) atoms. The van der Waals surface area contributed by atoms with Crippen LogP contribution in [0.1, 0.15) is 87.1 Å². The molecule has 1 aliphatic carbocycles. The summed E-state index contributed by atoms with van der Waals surface area (Å²) >= 11 is 3.96. The van der Waals surface area contributed by atoms with Gasteiger partial charge in [0.25, 0.3) is 0 Å². The Morgan fingerprint density at radius 2 is 1.62 bits per heavy atom. The molecule has 1 heteroatoms. The molecule has 0 saturated heterocycles. The van der Waals surface area contributed by atoms with E-state index in [1.54, 1.807) is 11.1 Å². The summed E-state index contributed by atoms with van der Waals surface area (Å²) in [6.07, 6.45) is 15.5. The Balaban J connectivity index is 1.62. The standard InChI is InChI=1S/C20H31Br/c1-2-3-4-5-6-7-8-9-13-18-16-15-17-12-10-11-14-19(17)20(18)21/h10-12,14,18,20H,2-9,13,15-16H2,1H3. The van der Waals surface area contributed by atoms with Crippen molar-refractivity contribution in [1.29, 1.82) is 0 Å². The van der Waals surface area contributed by atoms with Crippen LogP contribution in [0.4, 0.5) is 0 Å². The third-order valence-corrected chi connectivity index (χ3v) is 6.22. The predicted octanol–water partition coefficient (Wildman–Crippen LogP) is 7.22. The summed E-state index contributed by atoms with van der Waals surface area (Å²) in [6, 6.07) is 8.98. The molecule has 1 aromatic carbocycles. The van der Waals surface area contributed by atoms with E-state index in [0.717, 1.165) is 5.92 Å². The van der Waals surface area contributed by atoms with Gasteiger partial charge >= 0.3 is 0 Å². The van der Waals surface area contributed by atoms with Crippen molar-refractivity contribution in [2.24, 2.45) is 5.92 Å². The fraction of sp³-hybridized carbons (Fsp3) is 0.700. The topological polar surface area (TPSA) is 0 Å². The maximum absolute atomic E-state index is 3.96. The average Bonchev–Trinajstić information content (AvgIpc) is 2.52. The van der Waals surface area contributed by atoms with Crippen LogP contribution in [0.3, 0.4) is 0 Å². The maximum atomic E-state index is 3.96. The lowest BCUT2D eigenvalue weighted by Gasteiger charge is -2.30. The molecule has 1 aromatic rings. The summed E-state index contributed by atoms with van der Waals surface area (Å²) in [5, 5.41) is 0. The summed E-state index contributed by atoms with van der Waals surface area (Å²) in [7, 11) is 0. The lowest BCUT2D eigenvalue weighted by molar-refractivity contribution is 0.401. The molecule has 0 radical (unpaired) electrons. The Kier molecular flexibility index (Phi) is 7.85. The lowest BCUT2D eigenvalue weighted by atomic mass is 9.81. The summed E-state index contributed by atoms with van der Waals surface area (Å²) in [6.45, 7) is 2.29. The molecule has 0 aromatic heterocycles. The Morgan fingerprint density at radius 1 is 0.952 bits per heavy atom. The zero-order valence-electron chi connectivity index (χ0n) is 13.6. The van der Waals surface area contributed by atoms with E-state index in [1.807, 2.05) is 0 Å². The zero-order valence-corrected chi connectivity index (χ0v) is 15.2. The SMILES string of the molecule is CCCCCCCCCCC1CCc2ccccc2C1Br. The van der Waals surface area contributed by atoms with E-state index in [2.05, 4.69) is 47.1 Å². The summed E-state index contributed by atoms with van der Waals surface area (Å²) in [5.41, 5.74) is 3.11. The number of rotatable bonds is 9. The van der Waals surface area contributed by atoms with Gasteiger partial charge in [0.2, 0.25) is 0 Å². The molecule has 0 nitrogen and oxygen atoms in total. The second-order valence-electron chi connectivity index (χ2n) is 6.66. The van der Waals surface area contributed by atoms with Gasteiger partial charge in [0.05, 0.1) is 0 Å². The van der Waals surface area contributed by atoms with Crippen LogP contribution < -0.4 is 0 Å². The number of hydrogen-bond donors (Lipinski definition) is 0. The predicted molar refractivity (Wildman–Crippen MR) is 97.1 cm³/mol. The normalized spacial score (nSPS) is 21.2. The average molecular weight is 351 g/mol. The highest BCUT2D eigenvalue weighted by molar-refractivity contribution is 9.09. The van der Waals surface area contributed by atoms with Gasteiger partial charge < -0.3 is 0 Å². The van der Waals surface area contributed by atoms with Gasteiger partial charge in [-0.1, -0.05) is 98.5 Å².